The lowest BCUT2D eigenvalue weighted by molar-refractivity contribution is 0.860. The van der Waals surface area contributed by atoms with E-state index in [1.165, 1.54) is 22.3 Å². The summed E-state index contributed by atoms with van der Waals surface area (Å²) in [6, 6.07) is 6.72. The molecule has 1 unspecified atom stereocenters. The second-order valence-electron chi connectivity index (χ2n) is 5.51. The number of pyridine rings is 1. The second-order valence-corrected chi connectivity index (χ2v) is 5.87. The predicted molar refractivity (Wildman–Crippen MR) is 86.7 cm³/mol. The fourth-order valence-electron chi connectivity index (χ4n) is 2.83. The van der Waals surface area contributed by atoms with Gasteiger partial charge in [-0.2, -0.15) is 0 Å². The van der Waals surface area contributed by atoms with Crippen LogP contribution >= 0.6 is 11.6 Å². The van der Waals surface area contributed by atoms with Crippen LogP contribution in [0.5, 0.6) is 0 Å². The van der Waals surface area contributed by atoms with Gasteiger partial charge in [-0.1, -0.05) is 29.3 Å². The smallest absolute Gasteiger partial charge is 0.132 e. The molecule has 1 aromatic heterocycles. The van der Waals surface area contributed by atoms with Gasteiger partial charge < -0.3 is 5.32 Å². The molecule has 106 valence electrons. The van der Waals surface area contributed by atoms with E-state index in [4.69, 9.17) is 11.6 Å². The summed E-state index contributed by atoms with van der Waals surface area (Å²) in [6.07, 6.45) is 1.78. The van der Waals surface area contributed by atoms with Gasteiger partial charge in [0.1, 0.15) is 5.15 Å². The van der Waals surface area contributed by atoms with Gasteiger partial charge in [-0.05, 0) is 62.9 Å². The zero-order chi connectivity index (χ0) is 14.9. The molecule has 0 bridgehead atoms. The van der Waals surface area contributed by atoms with Gasteiger partial charge in [0.15, 0.2) is 0 Å². The zero-order valence-electron chi connectivity index (χ0n) is 12.7. The van der Waals surface area contributed by atoms with Crippen molar-refractivity contribution in [2.75, 3.05) is 5.32 Å². The Morgan fingerprint density at radius 2 is 1.60 bits per heavy atom. The fraction of sp³-hybridized carbons (Fsp3) is 0.353. The molecule has 20 heavy (non-hydrogen) atoms. The summed E-state index contributed by atoms with van der Waals surface area (Å²) in [5.41, 5.74) is 7.28. The summed E-state index contributed by atoms with van der Waals surface area (Å²) in [5.74, 6) is 0. The quantitative estimate of drug-likeness (QED) is 0.791. The summed E-state index contributed by atoms with van der Waals surface area (Å²) in [5, 5.41) is 4.07. The number of aromatic nitrogens is 1. The van der Waals surface area contributed by atoms with Crippen LogP contribution in [-0.2, 0) is 0 Å². The first-order valence-corrected chi connectivity index (χ1v) is 7.22. The molecule has 2 aromatic rings. The molecule has 0 aliphatic heterocycles. The molecular formula is C17H21ClN2. The van der Waals surface area contributed by atoms with Gasteiger partial charge in [-0.15, -0.1) is 0 Å². The highest BCUT2D eigenvalue weighted by molar-refractivity contribution is 6.30. The third-order valence-electron chi connectivity index (χ3n) is 3.57. The molecule has 0 saturated heterocycles. The molecule has 1 N–H and O–H groups in total. The molecule has 2 nitrogen and oxygen atoms in total. The molecule has 0 aliphatic rings. The molecule has 0 fully saturated rings. The van der Waals surface area contributed by atoms with Crippen LogP contribution in [0.2, 0.25) is 5.15 Å². The maximum Gasteiger partial charge on any atom is 0.132 e. The van der Waals surface area contributed by atoms with Crippen molar-refractivity contribution in [2.45, 2.75) is 40.7 Å². The average Bonchev–Trinajstić information content (AvgIpc) is 2.32. The lowest BCUT2D eigenvalue weighted by atomic mass is 9.95. The van der Waals surface area contributed by atoms with Crippen molar-refractivity contribution in [1.82, 2.24) is 4.98 Å². The Labute approximate surface area is 126 Å². The van der Waals surface area contributed by atoms with Crippen molar-refractivity contribution >= 4 is 17.3 Å². The molecule has 3 heteroatoms. The van der Waals surface area contributed by atoms with Gasteiger partial charge in [0, 0.05) is 6.04 Å². The van der Waals surface area contributed by atoms with Crippen molar-refractivity contribution in [3.63, 3.8) is 0 Å². The number of nitrogens with zero attached hydrogens (tertiary/aromatic N) is 1. The second kappa shape index (κ2) is 5.84. The number of hydrogen-bond acceptors (Lipinski definition) is 2. The van der Waals surface area contributed by atoms with Crippen molar-refractivity contribution in [2.24, 2.45) is 0 Å². The van der Waals surface area contributed by atoms with E-state index in [0.29, 0.717) is 5.15 Å². The zero-order valence-corrected chi connectivity index (χ0v) is 13.5. The number of rotatable bonds is 3. The molecule has 0 spiro atoms. The SMILES string of the molecule is Cc1cc(C)c(C(C)Nc2cnc(Cl)c(C)c2)c(C)c1. The summed E-state index contributed by atoms with van der Waals surface area (Å²) >= 11 is 5.96. The van der Waals surface area contributed by atoms with Crippen LogP contribution in [-0.4, -0.2) is 4.98 Å². The van der Waals surface area contributed by atoms with Crippen LogP contribution in [0.4, 0.5) is 5.69 Å². The first-order valence-electron chi connectivity index (χ1n) is 6.85. The average molecular weight is 289 g/mol. The Hall–Kier alpha value is -1.54. The van der Waals surface area contributed by atoms with E-state index in [0.717, 1.165) is 11.3 Å². The predicted octanol–water partition coefficient (Wildman–Crippen LogP) is 5.14. The molecule has 2 rings (SSSR count). The van der Waals surface area contributed by atoms with Crippen molar-refractivity contribution < 1.29 is 0 Å². The molecule has 0 radical (unpaired) electrons. The summed E-state index contributed by atoms with van der Waals surface area (Å²) in [7, 11) is 0. The van der Waals surface area contributed by atoms with E-state index >= 15 is 0 Å². The van der Waals surface area contributed by atoms with Crippen molar-refractivity contribution in [1.29, 1.82) is 0 Å². The minimum atomic E-state index is 0.234. The normalized spacial score (nSPS) is 12.3. The lowest BCUT2D eigenvalue weighted by Crippen LogP contribution is -2.10. The van der Waals surface area contributed by atoms with Crippen LogP contribution in [0.15, 0.2) is 24.4 Å². The van der Waals surface area contributed by atoms with E-state index in [-0.39, 0.29) is 6.04 Å². The van der Waals surface area contributed by atoms with Crippen molar-refractivity contribution in [3.8, 4) is 0 Å². The summed E-state index contributed by atoms with van der Waals surface area (Å²) in [6.45, 7) is 10.6. The van der Waals surface area contributed by atoms with Gasteiger partial charge in [-0.25, -0.2) is 4.98 Å². The van der Waals surface area contributed by atoms with Crippen LogP contribution in [0.1, 0.15) is 40.8 Å². The Morgan fingerprint density at radius 3 is 2.15 bits per heavy atom. The largest absolute Gasteiger partial charge is 0.377 e. The molecule has 1 heterocycles. The Bertz CT molecular complexity index is 612. The molecule has 0 saturated carbocycles. The van der Waals surface area contributed by atoms with Crippen LogP contribution < -0.4 is 5.32 Å². The minimum Gasteiger partial charge on any atom is -0.377 e. The monoisotopic (exact) mass is 288 g/mol. The number of halogens is 1. The van der Waals surface area contributed by atoms with Crippen molar-refractivity contribution in [3.05, 3.63) is 57.4 Å². The fourth-order valence-corrected chi connectivity index (χ4v) is 2.94. The third-order valence-corrected chi connectivity index (χ3v) is 3.96. The summed E-state index contributed by atoms with van der Waals surface area (Å²) < 4.78 is 0. The van der Waals surface area contributed by atoms with E-state index in [1.54, 1.807) is 6.20 Å². The first-order chi connectivity index (χ1) is 9.38. The van der Waals surface area contributed by atoms with Gasteiger partial charge in [0.05, 0.1) is 11.9 Å². The van der Waals surface area contributed by atoms with E-state index < -0.39 is 0 Å². The highest BCUT2D eigenvalue weighted by Gasteiger charge is 2.12. The number of benzene rings is 1. The number of nitrogens with one attached hydrogen (secondary N) is 1. The third kappa shape index (κ3) is 3.13. The topological polar surface area (TPSA) is 24.9 Å². The van der Waals surface area contributed by atoms with E-state index in [9.17, 15) is 0 Å². The molecule has 0 aliphatic carbocycles. The highest BCUT2D eigenvalue weighted by atomic mass is 35.5. The minimum absolute atomic E-state index is 0.234. The van der Waals surface area contributed by atoms with Gasteiger partial charge in [0.2, 0.25) is 0 Å². The lowest BCUT2D eigenvalue weighted by Gasteiger charge is -2.21. The highest BCUT2D eigenvalue weighted by Crippen LogP contribution is 2.27. The first kappa shape index (κ1) is 14.9. The maximum atomic E-state index is 5.96. The molecule has 0 amide bonds. The Balaban J connectivity index is 2.28. The Morgan fingerprint density at radius 1 is 1.00 bits per heavy atom. The van der Waals surface area contributed by atoms with Crippen LogP contribution in [0, 0.1) is 27.7 Å². The molecular weight excluding hydrogens is 268 g/mol. The number of aryl methyl sites for hydroxylation is 4. The molecule has 1 aromatic carbocycles. The van der Waals surface area contributed by atoms with Crippen LogP contribution in [0.3, 0.4) is 0 Å². The standard InChI is InChI=1S/C17H21ClN2/c1-10-6-11(2)16(12(3)7-10)14(5)20-15-8-13(4)17(18)19-9-15/h6-9,14,20H,1-5H3. The Kier molecular flexibility index (Phi) is 4.34. The van der Waals surface area contributed by atoms with Gasteiger partial charge in [0.25, 0.3) is 0 Å². The number of anilines is 1. The van der Waals surface area contributed by atoms with E-state index in [1.807, 2.05) is 13.0 Å². The van der Waals surface area contributed by atoms with Gasteiger partial charge >= 0.3 is 0 Å². The number of hydrogen-bond donors (Lipinski definition) is 1. The van der Waals surface area contributed by atoms with Crippen LogP contribution in [0.25, 0.3) is 0 Å². The van der Waals surface area contributed by atoms with E-state index in [2.05, 4.69) is 50.1 Å². The molecule has 1 atom stereocenters. The summed E-state index contributed by atoms with van der Waals surface area (Å²) in [4.78, 5) is 4.19. The van der Waals surface area contributed by atoms with Gasteiger partial charge in [-0.3, -0.25) is 0 Å². The maximum absolute atomic E-state index is 5.96.